The predicted octanol–water partition coefficient (Wildman–Crippen LogP) is 4.08. The third-order valence-electron chi connectivity index (χ3n) is 4.66. The van der Waals surface area contributed by atoms with E-state index in [0.717, 1.165) is 6.42 Å². The number of nitrogens with one attached hydrogen (secondary N) is 1. The van der Waals surface area contributed by atoms with Gasteiger partial charge in [-0.3, -0.25) is 0 Å². The molecule has 1 N–H and O–H groups in total. The summed E-state index contributed by atoms with van der Waals surface area (Å²) in [6.45, 7) is 3.61. The van der Waals surface area contributed by atoms with Gasteiger partial charge in [0.2, 0.25) is 10.0 Å². The first-order chi connectivity index (χ1) is 15.7. The lowest BCUT2D eigenvalue weighted by atomic mass is 10.2. The quantitative estimate of drug-likeness (QED) is 0.419. The Balaban J connectivity index is 1.77. The number of carbonyl (C=O) groups is 1. The van der Waals surface area contributed by atoms with Crippen molar-refractivity contribution >= 4 is 27.6 Å². The van der Waals surface area contributed by atoms with Crippen LogP contribution in [-0.2, 0) is 27.7 Å². The summed E-state index contributed by atoms with van der Waals surface area (Å²) < 4.78 is 44.1. The summed E-state index contributed by atoms with van der Waals surface area (Å²) in [7, 11) is -2.66. The number of hydrogen-bond donors (Lipinski definition) is 1. The molecule has 0 radical (unpaired) electrons. The molecule has 0 saturated carbocycles. The molecule has 1 aromatic heterocycles. The van der Waals surface area contributed by atoms with Gasteiger partial charge in [0.15, 0.2) is 11.9 Å². The van der Waals surface area contributed by atoms with Crippen molar-refractivity contribution in [1.29, 1.82) is 0 Å². The van der Waals surface area contributed by atoms with Crippen LogP contribution in [0, 0.1) is 0 Å². The standard InChI is InChI=1S/C22H24ClN3O6S/c1-4-5-20-25-21(32-26-20)14(2)31-22(27)16-8-11-18(30-3)19(12-16)33(28,29)24-13-15-6-9-17(23)10-7-15/h6-12,14,24H,4-5,13H2,1-3H3. The van der Waals surface area contributed by atoms with Crippen LogP contribution in [0.3, 0.4) is 0 Å². The second-order valence-electron chi connectivity index (χ2n) is 7.16. The lowest BCUT2D eigenvalue weighted by Gasteiger charge is -2.13. The Hall–Kier alpha value is -2.95. The van der Waals surface area contributed by atoms with Gasteiger partial charge in [0.25, 0.3) is 5.89 Å². The maximum atomic E-state index is 12.9. The normalized spacial score (nSPS) is 12.4. The number of esters is 1. The molecule has 2 aromatic carbocycles. The lowest BCUT2D eigenvalue weighted by molar-refractivity contribution is 0.0265. The van der Waals surface area contributed by atoms with E-state index in [1.54, 1.807) is 31.2 Å². The summed E-state index contributed by atoms with van der Waals surface area (Å²) in [4.78, 5) is 16.7. The van der Waals surface area contributed by atoms with E-state index in [2.05, 4.69) is 14.9 Å². The molecule has 0 spiro atoms. The highest BCUT2D eigenvalue weighted by atomic mass is 35.5. The summed E-state index contributed by atoms with van der Waals surface area (Å²) in [5.41, 5.74) is 0.746. The highest BCUT2D eigenvalue weighted by Gasteiger charge is 2.24. The highest BCUT2D eigenvalue weighted by Crippen LogP contribution is 2.26. The van der Waals surface area contributed by atoms with E-state index in [0.29, 0.717) is 22.8 Å². The maximum Gasteiger partial charge on any atom is 0.338 e. The first-order valence-corrected chi connectivity index (χ1v) is 12.0. The van der Waals surface area contributed by atoms with Gasteiger partial charge in [-0.15, -0.1) is 0 Å². The number of ether oxygens (including phenoxy) is 2. The van der Waals surface area contributed by atoms with Gasteiger partial charge >= 0.3 is 5.97 Å². The van der Waals surface area contributed by atoms with Gasteiger partial charge in [0, 0.05) is 18.0 Å². The molecule has 1 atom stereocenters. The Morgan fingerprint density at radius 1 is 1.21 bits per heavy atom. The molecule has 0 aliphatic rings. The van der Waals surface area contributed by atoms with Crippen LogP contribution in [0.15, 0.2) is 51.9 Å². The average molecular weight is 494 g/mol. The number of carbonyl (C=O) groups excluding carboxylic acids is 1. The van der Waals surface area contributed by atoms with Crippen molar-refractivity contribution in [2.45, 2.75) is 44.2 Å². The summed E-state index contributed by atoms with van der Waals surface area (Å²) in [6, 6.07) is 10.8. The first-order valence-electron chi connectivity index (χ1n) is 10.2. The molecule has 1 heterocycles. The monoisotopic (exact) mass is 493 g/mol. The number of rotatable bonds is 10. The highest BCUT2D eigenvalue weighted by molar-refractivity contribution is 7.89. The van der Waals surface area contributed by atoms with E-state index in [4.69, 9.17) is 25.6 Å². The van der Waals surface area contributed by atoms with Gasteiger partial charge in [-0.25, -0.2) is 17.9 Å². The van der Waals surface area contributed by atoms with E-state index in [9.17, 15) is 13.2 Å². The summed E-state index contributed by atoms with van der Waals surface area (Å²) in [5, 5.41) is 4.38. The molecule has 33 heavy (non-hydrogen) atoms. The van der Waals surface area contributed by atoms with Crippen LogP contribution in [0.4, 0.5) is 0 Å². The van der Waals surface area contributed by atoms with Crippen LogP contribution in [0.1, 0.15) is 54.0 Å². The molecular weight excluding hydrogens is 470 g/mol. The fraction of sp³-hybridized carbons (Fsp3) is 0.318. The maximum absolute atomic E-state index is 12.9. The van der Waals surface area contributed by atoms with Gasteiger partial charge in [-0.1, -0.05) is 35.8 Å². The number of methoxy groups -OCH3 is 1. The van der Waals surface area contributed by atoms with Gasteiger partial charge in [0.05, 0.1) is 12.7 Å². The van der Waals surface area contributed by atoms with Crippen LogP contribution < -0.4 is 9.46 Å². The van der Waals surface area contributed by atoms with E-state index < -0.39 is 22.1 Å². The van der Waals surface area contributed by atoms with E-state index in [-0.39, 0.29) is 28.6 Å². The van der Waals surface area contributed by atoms with Crippen molar-refractivity contribution in [3.63, 3.8) is 0 Å². The zero-order chi connectivity index (χ0) is 24.0. The predicted molar refractivity (Wildman–Crippen MR) is 121 cm³/mol. The Morgan fingerprint density at radius 2 is 1.94 bits per heavy atom. The summed E-state index contributed by atoms with van der Waals surface area (Å²) >= 11 is 5.86. The molecule has 3 aromatic rings. The zero-order valence-electron chi connectivity index (χ0n) is 18.4. The van der Waals surface area contributed by atoms with Crippen LogP contribution in [-0.4, -0.2) is 31.6 Å². The fourth-order valence-corrected chi connectivity index (χ4v) is 4.25. The molecular formula is C22H24ClN3O6S. The van der Waals surface area contributed by atoms with Gasteiger partial charge in [0.1, 0.15) is 10.6 Å². The van der Waals surface area contributed by atoms with E-state index in [1.807, 2.05) is 6.92 Å². The second kappa shape index (κ2) is 10.8. The molecule has 9 nitrogen and oxygen atoms in total. The molecule has 0 aliphatic carbocycles. The average Bonchev–Trinajstić information content (AvgIpc) is 3.27. The van der Waals surface area contributed by atoms with Crippen LogP contribution >= 0.6 is 11.6 Å². The number of hydrogen-bond acceptors (Lipinski definition) is 8. The topological polar surface area (TPSA) is 121 Å². The Bertz CT molecular complexity index is 1210. The molecule has 1 unspecified atom stereocenters. The molecule has 176 valence electrons. The molecule has 0 aliphatic heterocycles. The Labute approximate surface area is 197 Å². The smallest absolute Gasteiger partial charge is 0.338 e. The largest absolute Gasteiger partial charge is 0.495 e. The van der Waals surface area contributed by atoms with Crippen molar-refractivity contribution < 1.29 is 27.2 Å². The van der Waals surface area contributed by atoms with Crippen molar-refractivity contribution in [3.8, 4) is 5.75 Å². The minimum atomic E-state index is -4.01. The number of nitrogens with zero attached hydrogens (tertiary/aromatic N) is 2. The lowest BCUT2D eigenvalue weighted by Crippen LogP contribution is -2.24. The minimum absolute atomic E-state index is 0.0304. The van der Waals surface area contributed by atoms with Crippen molar-refractivity contribution in [3.05, 3.63) is 70.3 Å². The van der Waals surface area contributed by atoms with Gasteiger partial charge in [-0.05, 0) is 49.2 Å². The number of halogens is 1. The van der Waals surface area contributed by atoms with Gasteiger partial charge < -0.3 is 14.0 Å². The first kappa shape index (κ1) is 24.7. The fourth-order valence-electron chi connectivity index (χ4n) is 2.91. The summed E-state index contributed by atoms with van der Waals surface area (Å²) in [5.74, 6) is 0.0386. The number of sulfonamides is 1. The minimum Gasteiger partial charge on any atom is -0.495 e. The third kappa shape index (κ3) is 6.31. The Morgan fingerprint density at radius 3 is 2.61 bits per heavy atom. The van der Waals surface area contributed by atoms with E-state index in [1.165, 1.54) is 25.3 Å². The second-order valence-corrected chi connectivity index (χ2v) is 9.33. The van der Waals surface area contributed by atoms with Crippen LogP contribution in [0.2, 0.25) is 5.02 Å². The molecule has 0 fully saturated rings. The molecule has 3 rings (SSSR count). The van der Waals surface area contributed by atoms with E-state index >= 15 is 0 Å². The number of aryl methyl sites for hydroxylation is 1. The van der Waals surface area contributed by atoms with Crippen molar-refractivity contribution in [2.24, 2.45) is 0 Å². The molecule has 11 heteroatoms. The van der Waals surface area contributed by atoms with Crippen LogP contribution in [0.25, 0.3) is 0 Å². The Kier molecular flexibility index (Phi) is 8.06. The number of aromatic nitrogens is 2. The van der Waals surface area contributed by atoms with Gasteiger partial charge in [-0.2, -0.15) is 4.98 Å². The number of benzene rings is 2. The van der Waals surface area contributed by atoms with Crippen LogP contribution in [0.5, 0.6) is 5.75 Å². The molecule has 0 saturated heterocycles. The SMILES string of the molecule is CCCc1noc(C(C)OC(=O)c2ccc(OC)c(S(=O)(=O)NCc3ccc(Cl)cc3)c2)n1. The van der Waals surface area contributed by atoms with Crippen molar-refractivity contribution in [2.75, 3.05) is 7.11 Å². The summed E-state index contributed by atoms with van der Waals surface area (Å²) in [6.07, 6.45) is 0.690. The zero-order valence-corrected chi connectivity index (χ0v) is 19.9. The third-order valence-corrected chi connectivity index (χ3v) is 6.33. The molecule has 0 bridgehead atoms. The molecule has 0 amide bonds. The van der Waals surface area contributed by atoms with Crippen molar-refractivity contribution in [1.82, 2.24) is 14.9 Å².